The Balaban J connectivity index is 2.33. The van der Waals surface area contributed by atoms with E-state index in [-0.39, 0.29) is 6.61 Å². The second-order valence-electron chi connectivity index (χ2n) is 5.30. The van der Waals surface area contributed by atoms with Crippen molar-refractivity contribution in [1.82, 2.24) is 15.0 Å². The first-order valence-corrected chi connectivity index (χ1v) is 7.38. The Morgan fingerprint density at radius 1 is 1.19 bits per heavy atom. The van der Waals surface area contributed by atoms with E-state index >= 15 is 0 Å². The number of hydrogen-bond donors (Lipinski definition) is 0. The third kappa shape index (κ3) is 4.50. The van der Waals surface area contributed by atoms with Gasteiger partial charge in [-0.3, -0.25) is 14.4 Å². The van der Waals surface area contributed by atoms with Crippen LogP contribution in [0.2, 0.25) is 0 Å². The smallest absolute Gasteiger partial charge is 0.410 e. The van der Waals surface area contributed by atoms with Crippen LogP contribution in [0, 0.1) is 10.1 Å². The Labute approximate surface area is 146 Å². The highest BCUT2D eigenvalue weighted by atomic mass is 16.7. The lowest BCUT2D eigenvalue weighted by atomic mass is 10.1. The maximum atomic E-state index is 11.4. The van der Waals surface area contributed by atoms with Gasteiger partial charge in [-0.05, 0) is 4.92 Å². The molecule has 26 heavy (non-hydrogen) atoms. The van der Waals surface area contributed by atoms with Gasteiger partial charge in [0.25, 0.3) is 0 Å². The minimum Gasteiger partial charge on any atom is -0.463 e. The standard InChI is InChI=1S/C13H16N4O9/c1-6(18)23-5-9-11(24-7(2)19)12(25-8(3)20)13(26-9)16-14-4-10(15-16)17(21)22/h4,9,11-13H,5H2,1-3H3/t9-,11-,12-,13-/m1/s1. The number of aromatic nitrogens is 3. The van der Waals surface area contributed by atoms with Gasteiger partial charge in [0.15, 0.2) is 18.4 Å². The Bertz CT molecular complexity index is 718. The fourth-order valence-corrected chi connectivity index (χ4v) is 2.35. The van der Waals surface area contributed by atoms with Gasteiger partial charge in [0.05, 0.1) is 5.10 Å². The molecule has 2 heterocycles. The third-order valence-electron chi connectivity index (χ3n) is 3.25. The molecular formula is C13H16N4O9. The number of nitro groups is 1. The van der Waals surface area contributed by atoms with Gasteiger partial charge in [0.1, 0.15) is 12.7 Å². The molecule has 1 aromatic heterocycles. The molecule has 0 aliphatic carbocycles. The van der Waals surface area contributed by atoms with E-state index in [0.717, 1.165) is 24.8 Å². The SMILES string of the molecule is CC(=O)OC[C@H]1O[C@@H](n2ncc([N+](=O)[O-])n2)[C@H](OC(C)=O)[C@@H]1OC(C)=O. The number of carbonyl (C=O) groups is 3. The van der Waals surface area contributed by atoms with Crippen LogP contribution >= 0.6 is 0 Å². The van der Waals surface area contributed by atoms with Crippen LogP contribution in [0.4, 0.5) is 5.82 Å². The van der Waals surface area contributed by atoms with Gasteiger partial charge >= 0.3 is 23.7 Å². The highest BCUT2D eigenvalue weighted by molar-refractivity contribution is 5.67. The Morgan fingerprint density at radius 2 is 1.81 bits per heavy atom. The van der Waals surface area contributed by atoms with E-state index in [1.165, 1.54) is 6.92 Å². The summed E-state index contributed by atoms with van der Waals surface area (Å²) in [6, 6.07) is 0. The van der Waals surface area contributed by atoms with Crippen molar-refractivity contribution < 1.29 is 38.3 Å². The van der Waals surface area contributed by atoms with Crippen molar-refractivity contribution in [2.45, 2.75) is 45.3 Å². The highest BCUT2D eigenvalue weighted by Crippen LogP contribution is 2.33. The molecule has 4 atom stereocenters. The average molecular weight is 372 g/mol. The van der Waals surface area contributed by atoms with Crippen molar-refractivity contribution in [3.05, 3.63) is 16.3 Å². The van der Waals surface area contributed by atoms with Gasteiger partial charge in [0.2, 0.25) is 6.23 Å². The van der Waals surface area contributed by atoms with E-state index in [0.29, 0.717) is 0 Å². The molecule has 0 N–H and O–H groups in total. The normalized spacial score (nSPS) is 24.7. The number of esters is 3. The van der Waals surface area contributed by atoms with Crippen LogP contribution in [0.25, 0.3) is 0 Å². The summed E-state index contributed by atoms with van der Waals surface area (Å²) >= 11 is 0. The number of ether oxygens (including phenoxy) is 4. The van der Waals surface area contributed by atoms with E-state index in [1.54, 1.807) is 0 Å². The van der Waals surface area contributed by atoms with Crippen molar-refractivity contribution in [3.8, 4) is 0 Å². The van der Waals surface area contributed by atoms with E-state index in [4.69, 9.17) is 18.9 Å². The van der Waals surface area contributed by atoms with Gasteiger partial charge in [-0.15, -0.1) is 5.10 Å². The van der Waals surface area contributed by atoms with Crippen molar-refractivity contribution in [3.63, 3.8) is 0 Å². The predicted molar refractivity (Wildman–Crippen MR) is 78.3 cm³/mol. The first kappa shape index (κ1) is 19.2. The van der Waals surface area contributed by atoms with Crippen molar-refractivity contribution in [2.75, 3.05) is 6.61 Å². The molecule has 1 aromatic rings. The van der Waals surface area contributed by atoms with Crippen LogP contribution in [0.15, 0.2) is 6.20 Å². The lowest BCUT2D eigenvalue weighted by molar-refractivity contribution is -0.390. The van der Waals surface area contributed by atoms with Crippen molar-refractivity contribution >= 4 is 23.7 Å². The van der Waals surface area contributed by atoms with E-state index in [2.05, 4.69) is 10.2 Å². The fraction of sp³-hybridized carbons (Fsp3) is 0.615. The molecule has 13 heteroatoms. The number of nitrogens with zero attached hydrogens (tertiary/aromatic N) is 4. The monoisotopic (exact) mass is 372 g/mol. The molecule has 1 fully saturated rings. The highest BCUT2D eigenvalue weighted by Gasteiger charge is 2.52. The molecule has 0 spiro atoms. The van der Waals surface area contributed by atoms with Gasteiger partial charge in [-0.25, -0.2) is 0 Å². The van der Waals surface area contributed by atoms with E-state index in [9.17, 15) is 24.5 Å². The summed E-state index contributed by atoms with van der Waals surface area (Å²) in [6.45, 7) is 3.14. The first-order valence-electron chi connectivity index (χ1n) is 7.38. The third-order valence-corrected chi connectivity index (χ3v) is 3.25. The summed E-state index contributed by atoms with van der Waals surface area (Å²) in [5.74, 6) is -2.56. The van der Waals surface area contributed by atoms with E-state index in [1.807, 2.05) is 0 Å². The Kier molecular flexibility index (Phi) is 5.82. The largest absolute Gasteiger partial charge is 0.463 e. The summed E-state index contributed by atoms with van der Waals surface area (Å²) in [5.41, 5.74) is 0. The second kappa shape index (κ2) is 7.86. The zero-order chi connectivity index (χ0) is 19.4. The zero-order valence-electron chi connectivity index (χ0n) is 14.1. The Hall–Kier alpha value is -3.09. The first-order chi connectivity index (χ1) is 12.2. The molecule has 2 rings (SSSR count). The summed E-state index contributed by atoms with van der Waals surface area (Å²) < 4.78 is 20.8. The van der Waals surface area contributed by atoms with Crippen LogP contribution in [-0.2, 0) is 33.3 Å². The lowest BCUT2D eigenvalue weighted by Crippen LogP contribution is -2.40. The van der Waals surface area contributed by atoms with Gasteiger partial charge in [-0.1, -0.05) is 4.80 Å². The molecule has 1 aliphatic heterocycles. The molecule has 0 aromatic carbocycles. The van der Waals surface area contributed by atoms with Crippen LogP contribution < -0.4 is 0 Å². The summed E-state index contributed by atoms with van der Waals surface area (Å²) in [5, 5.41) is 18.1. The maximum Gasteiger partial charge on any atom is 0.410 e. The molecule has 142 valence electrons. The second-order valence-corrected chi connectivity index (χ2v) is 5.30. The topological polar surface area (TPSA) is 162 Å². The van der Waals surface area contributed by atoms with Gasteiger partial charge in [0, 0.05) is 20.8 Å². The number of hydrogen-bond acceptors (Lipinski definition) is 11. The predicted octanol–water partition coefficient (Wildman–Crippen LogP) is -0.490. The van der Waals surface area contributed by atoms with Gasteiger partial charge < -0.3 is 29.1 Å². The quantitative estimate of drug-likeness (QED) is 0.274. The molecule has 0 saturated carbocycles. The van der Waals surface area contributed by atoms with Crippen LogP contribution in [0.1, 0.15) is 27.0 Å². The molecule has 1 aliphatic rings. The summed E-state index contributed by atoms with van der Waals surface area (Å²) in [4.78, 5) is 44.7. The van der Waals surface area contributed by atoms with Gasteiger partial charge in [-0.2, -0.15) is 0 Å². The minimum absolute atomic E-state index is 0.301. The lowest BCUT2D eigenvalue weighted by Gasteiger charge is -2.22. The van der Waals surface area contributed by atoms with Crippen molar-refractivity contribution in [2.24, 2.45) is 0 Å². The maximum absolute atomic E-state index is 11.4. The minimum atomic E-state index is -1.22. The van der Waals surface area contributed by atoms with Crippen LogP contribution in [-0.4, -0.2) is 62.7 Å². The number of carbonyl (C=O) groups excluding carboxylic acids is 3. The molecular weight excluding hydrogens is 356 g/mol. The molecule has 0 radical (unpaired) electrons. The zero-order valence-corrected chi connectivity index (χ0v) is 14.1. The molecule has 0 amide bonds. The van der Waals surface area contributed by atoms with Crippen LogP contribution in [0.3, 0.4) is 0 Å². The average Bonchev–Trinajstić information content (AvgIpc) is 3.11. The summed E-state index contributed by atoms with van der Waals surface area (Å²) in [7, 11) is 0. The molecule has 0 bridgehead atoms. The van der Waals surface area contributed by atoms with Crippen molar-refractivity contribution in [1.29, 1.82) is 0 Å². The molecule has 1 saturated heterocycles. The number of rotatable bonds is 6. The summed E-state index contributed by atoms with van der Waals surface area (Å²) in [6.07, 6.45) is -3.68. The Morgan fingerprint density at radius 3 is 2.31 bits per heavy atom. The van der Waals surface area contributed by atoms with Crippen LogP contribution in [0.5, 0.6) is 0 Å². The molecule has 0 unspecified atom stereocenters. The molecule has 13 nitrogen and oxygen atoms in total. The van der Waals surface area contributed by atoms with E-state index < -0.39 is 53.2 Å². The fourth-order valence-electron chi connectivity index (χ4n) is 2.35.